The third-order valence-electron chi connectivity index (χ3n) is 5.91. The minimum Gasteiger partial charge on any atom is -0.334 e. The summed E-state index contributed by atoms with van der Waals surface area (Å²) < 4.78 is 31.7. The van der Waals surface area contributed by atoms with E-state index in [-0.39, 0.29) is 11.3 Å². The zero-order chi connectivity index (χ0) is 19.4. The predicted molar refractivity (Wildman–Crippen MR) is 101 cm³/mol. The highest BCUT2D eigenvalue weighted by atomic mass is 32.2. The Labute approximate surface area is 162 Å². The van der Waals surface area contributed by atoms with E-state index < -0.39 is 10.2 Å². The number of para-hydroxylation sites is 1. The summed E-state index contributed by atoms with van der Waals surface area (Å²) in [4.78, 5) is 4.65. The molecule has 28 heavy (non-hydrogen) atoms. The first-order valence-electron chi connectivity index (χ1n) is 9.17. The zero-order valence-corrected chi connectivity index (χ0v) is 15.9. The lowest BCUT2D eigenvalue weighted by Crippen LogP contribution is -2.43. The normalized spacial score (nSPS) is 21.8. The zero-order valence-electron chi connectivity index (χ0n) is 15.1. The number of hydrogen-bond donors (Lipinski definition) is 1. The smallest absolute Gasteiger partial charge is 0.276 e. The fraction of sp³-hybridized carbons (Fsp3) is 0.389. The van der Waals surface area contributed by atoms with Crippen LogP contribution < -0.4 is 5.14 Å². The molecule has 3 heterocycles. The van der Waals surface area contributed by atoms with Gasteiger partial charge in [0.1, 0.15) is 0 Å². The van der Waals surface area contributed by atoms with Crippen molar-refractivity contribution >= 4 is 10.2 Å². The van der Waals surface area contributed by atoms with Crippen molar-refractivity contribution in [2.45, 2.75) is 25.2 Å². The van der Waals surface area contributed by atoms with E-state index in [1.165, 1.54) is 4.31 Å². The minimum atomic E-state index is -3.61. The third-order valence-corrected chi connectivity index (χ3v) is 6.99. The topological polar surface area (TPSA) is 120 Å². The summed E-state index contributed by atoms with van der Waals surface area (Å²) in [7, 11) is -3.61. The Hall–Kier alpha value is -2.56. The maximum Gasteiger partial charge on any atom is 0.276 e. The quantitative estimate of drug-likeness (QED) is 0.712. The van der Waals surface area contributed by atoms with Gasteiger partial charge in [-0.1, -0.05) is 17.3 Å². The van der Waals surface area contributed by atoms with E-state index in [9.17, 15) is 8.42 Å². The van der Waals surface area contributed by atoms with Crippen LogP contribution in [0.4, 0.5) is 0 Å². The van der Waals surface area contributed by atoms with Crippen LogP contribution in [-0.4, -0.2) is 45.7 Å². The summed E-state index contributed by atoms with van der Waals surface area (Å²) in [5.41, 5.74) is 1.75. The molecule has 2 aliphatic rings. The molecule has 3 aromatic rings. The Kier molecular flexibility index (Phi) is 3.90. The highest BCUT2D eigenvalue weighted by molar-refractivity contribution is 7.86. The lowest BCUT2D eigenvalue weighted by molar-refractivity contribution is 0.249. The molecule has 0 bridgehead atoms. The maximum absolute atomic E-state index is 11.5. The molecule has 0 radical (unpaired) electrons. The van der Waals surface area contributed by atoms with Crippen molar-refractivity contribution in [1.82, 2.24) is 24.2 Å². The number of hydrogen-bond acceptors (Lipinski definition) is 6. The molecule has 1 spiro atoms. The Bertz CT molecular complexity index is 1100. The van der Waals surface area contributed by atoms with Crippen LogP contribution in [0.25, 0.3) is 17.1 Å². The van der Waals surface area contributed by atoms with Crippen LogP contribution in [0.1, 0.15) is 31.0 Å². The third kappa shape index (κ3) is 2.93. The summed E-state index contributed by atoms with van der Waals surface area (Å²) in [5.74, 6) is 1.35. The van der Waals surface area contributed by atoms with E-state index in [1.54, 1.807) is 10.9 Å². The molecule has 2 N–H and O–H groups in total. The van der Waals surface area contributed by atoms with Crippen molar-refractivity contribution in [3.05, 3.63) is 48.5 Å². The predicted octanol–water partition coefficient (Wildman–Crippen LogP) is 1.70. The minimum absolute atomic E-state index is 0.0594. The molecule has 1 saturated carbocycles. The molecule has 10 heteroatoms. The van der Waals surface area contributed by atoms with Gasteiger partial charge in [-0.3, -0.25) is 0 Å². The van der Waals surface area contributed by atoms with Crippen molar-refractivity contribution in [3.63, 3.8) is 0 Å². The van der Waals surface area contributed by atoms with Crippen molar-refractivity contribution in [2.75, 3.05) is 13.1 Å². The molecule has 146 valence electrons. The Morgan fingerprint density at radius 2 is 1.96 bits per heavy atom. The van der Waals surface area contributed by atoms with Crippen molar-refractivity contribution < 1.29 is 12.9 Å². The largest absolute Gasteiger partial charge is 0.334 e. The first-order chi connectivity index (χ1) is 13.5. The van der Waals surface area contributed by atoms with E-state index in [0.29, 0.717) is 24.8 Å². The number of aromatic nitrogens is 4. The van der Waals surface area contributed by atoms with Gasteiger partial charge in [0.15, 0.2) is 5.82 Å². The second-order valence-corrected chi connectivity index (χ2v) is 9.03. The average Bonchev–Trinajstić information content (AvgIpc) is 3.12. The highest BCUT2D eigenvalue weighted by Gasteiger charge is 2.58. The summed E-state index contributed by atoms with van der Waals surface area (Å²) >= 11 is 0. The Morgan fingerprint density at radius 3 is 2.68 bits per heavy atom. The van der Waals surface area contributed by atoms with Crippen molar-refractivity contribution in [1.29, 1.82) is 0 Å². The van der Waals surface area contributed by atoms with Crippen LogP contribution >= 0.6 is 0 Å². The van der Waals surface area contributed by atoms with Gasteiger partial charge in [-0.2, -0.15) is 22.8 Å². The van der Waals surface area contributed by atoms with Gasteiger partial charge in [0.2, 0.25) is 0 Å². The van der Waals surface area contributed by atoms with E-state index >= 15 is 0 Å². The molecule has 0 amide bonds. The Morgan fingerprint density at radius 1 is 1.18 bits per heavy atom. The number of nitrogens with two attached hydrogens (primary N) is 1. The van der Waals surface area contributed by atoms with Gasteiger partial charge in [0.05, 0.1) is 11.3 Å². The average molecular weight is 400 g/mol. The number of nitrogens with zero attached hydrogens (tertiary/aromatic N) is 5. The van der Waals surface area contributed by atoms with Crippen molar-refractivity contribution in [3.8, 4) is 17.1 Å². The molecule has 1 aliphatic heterocycles. The SMILES string of the molecule is NS(=O)(=O)N1CCC2(CC1)C[C@H]2c1noc(-c2ccccc2-n2cccn2)n1. The van der Waals surface area contributed by atoms with E-state index in [4.69, 9.17) is 9.66 Å². The van der Waals surface area contributed by atoms with Crippen LogP contribution in [0.2, 0.25) is 0 Å². The molecule has 0 unspecified atom stereocenters. The number of piperidine rings is 1. The van der Waals surface area contributed by atoms with Crippen LogP contribution in [0.15, 0.2) is 47.2 Å². The summed E-state index contributed by atoms with van der Waals surface area (Å²) in [5, 5.41) is 13.7. The first kappa shape index (κ1) is 17.5. The van der Waals surface area contributed by atoms with E-state index in [2.05, 4.69) is 15.2 Å². The number of benzene rings is 1. The van der Waals surface area contributed by atoms with Gasteiger partial charge in [-0.15, -0.1) is 0 Å². The fourth-order valence-corrected chi connectivity index (χ4v) is 4.89. The summed E-state index contributed by atoms with van der Waals surface area (Å²) in [6.07, 6.45) is 6.07. The maximum atomic E-state index is 11.5. The summed E-state index contributed by atoms with van der Waals surface area (Å²) in [6.45, 7) is 0.893. The monoisotopic (exact) mass is 400 g/mol. The van der Waals surface area contributed by atoms with E-state index in [0.717, 1.165) is 30.5 Å². The van der Waals surface area contributed by atoms with Crippen LogP contribution in [0.3, 0.4) is 0 Å². The molecule has 1 atom stereocenters. The molecular formula is C18H20N6O3S. The van der Waals surface area contributed by atoms with Gasteiger partial charge in [0.25, 0.3) is 16.1 Å². The highest BCUT2D eigenvalue weighted by Crippen LogP contribution is 2.64. The molecule has 5 rings (SSSR count). The standard InChI is InChI=1S/C18H20N6O3S/c19-28(25,26)23-10-6-18(7-11-23)12-14(18)16-21-17(27-22-16)13-4-1-2-5-15(13)24-9-3-8-20-24/h1-5,8-9,14H,6-7,10-12H2,(H2,19,25,26)/t14-/m0/s1. The molecule has 1 aromatic carbocycles. The van der Waals surface area contributed by atoms with Gasteiger partial charge in [0, 0.05) is 31.4 Å². The first-order valence-corrected chi connectivity index (χ1v) is 10.7. The lowest BCUT2D eigenvalue weighted by atomic mass is 9.92. The second-order valence-electron chi connectivity index (χ2n) is 7.49. The summed E-state index contributed by atoms with van der Waals surface area (Å²) in [6, 6.07) is 9.61. The van der Waals surface area contributed by atoms with Crippen molar-refractivity contribution in [2.24, 2.45) is 10.6 Å². The van der Waals surface area contributed by atoms with Gasteiger partial charge < -0.3 is 4.52 Å². The molecule has 2 fully saturated rings. The van der Waals surface area contributed by atoms with Gasteiger partial charge >= 0.3 is 0 Å². The molecule has 1 aliphatic carbocycles. The molecule has 2 aromatic heterocycles. The lowest BCUT2D eigenvalue weighted by Gasteiger charge is -2.30. The molecule has 9 nitrogen and oxygen atoms in total. The molecular weight excluding hydrogens is 380 g/mol. The van der Waals surface area contributed by atoms with Crippen LogP contribution in [0.5, 0.6) is 0 Å². The molecule has 1 saturated heterocycles. The number of rotatable bonds is 4. The van der Waals surface area contributed by atoms with Crippen LogP contribution in [0, 0.1) is 5.41 Å². The second kappa shape index (κ2) is 6.23. The van der Waals surface area contributed by atoms with Gasteiger partial charge in [-0.05, 0) is 42.9 Å². The van der Waals surface area contributed by atoms with Gasteiger partial charge in [-0.25, -0.2) is 9.82 Å². The van der Waals surface area contributed by atoms with Crippen LogP contribution in [-0.2, 0) is 10.2 Å². The Balaban J connectivity index is 1.37. The van der Waals surface area contributed by atoms with E-state index in [1.807, 2.05) is 36.5 Å². The fourth-order valence-electron chi connectivity index (χ4n) is 4.20.